The molecule has 3 aromatic rings. The van der Waals surface area contributed by atoms with E-state index in [-0.39, 0.29) is 5.56 Å². The molecule has 3 rings (SSSR count). The van der Waals surface area contributed by atoms with Crippen LogP contribution in [0.25, 0.3) is 16.8 Å². The molecule has 2 heterocycles. The number of fused-ring (bicyclic) bond motifs is 1. The second-order valence-corrected chi connectivity index (χ2v) is 5.04. The predicted molar refractivity (Wildman–Crippen MR) is 83.9 cm³/mol. The van der Waals surface area contributed by atoms with Gasteiger partial charge >= 0.3 is 5.97 Å². The molecule has 0 unspecified atom stereocenters. The standard InChI is InChI=1S/C18H14N2O2/c1-2-12-4-3-9-20-16(10-15(11-19)17(12)20)13-5-7-14(8-6-13)18(21)22/h3-10H,2H2,1H3,(H,21,22). The van der Waals surface area contributed by atoms with Crippen molar-refractivity contribution in [1.82, 2.24) is 4.40 Å². The van der Waals surface area contributed by atoms with Crippen LogP contribution < -0.4 is 0 Å². The molecule has 0 radical (unpaired) electrons. The summed E-state index contributed by atoms with van der Waals surface area (Å²) in [5, 5.41) is 18.4. The predicted octanol–water partition coefficient (Wildman–Crippen LogP) is 3.74. The van der Waals surface area contributed by atoms with Crippen LogP contribution >= 0.6 is 0 Å². The zero-order chi connectivity index (χ0) is 15.7. The minimum absolute atomic E-state index is 0.249. The first kappa shape index (κ1) is 13.9. The highest BCUT2D eigenvalue weighted by molar-refractivity contribution is 5.88. The molecule has 0 saturated carbocycles. The number of hydrogen-bond donors (Lipinski definition) is 1. The van der Waals surface area contributed by atoms with Crippen molar-refractivity contribution >= 4 is 11.5 Å². The van der Waals surface area contributed by atoms with Crippen molar-refractivity contribution in [3.05, 3.63) is 65.4 Å². The van der Waals surface area contributed by atoms with Crippen LogP contribution in [-0.2, 0) is 6.42 Å². The van der Waals surface area contributed by atoms with E-state index in [0.717, 1.165) is 28.8 Å². The lowest BCUT2D eigenvalue weighted by atomic mass is 10.1. The molecule has 0 saturated heterocycles. The van der Waals surface area contributed by atoms with Crippen molar-refractivity contribution < 1.29 is 9.90 Å². The van der Waals surface area contributed by atoms with Crippen LogP contribution in [0.5, 0.6) is 0 Å². The Kier molecular flexibility index (Phi) is 3.40. The van der Waals surface area contributed by atoms with Crippen molar-refractivity contribution in [2.75, 3.05) is 0 Å². The monoisotopic (exact) mass is 290 g/mol. The van der Waals surface area contributed by atoms with E-state index in [4.69, 9.17) is 5.11 Å². The SMILES string of the molecule is CCc1cccn2c(-c3ccc(C(=O)O)cc3)cc(C#N)c12. The first-order valence-electron chi connectivity index (χ1n) is 7.02. The molecule has 0 atom stereocenters. The summed E-state index contributed by atoms with van der Waals surface area (Å²) >= 11 is 0. The summed E-state index contributed by atoms with van der Waals surface area (Å²) in [7, 11) is 0. The summed E-state index contributed by atoms with van der Waals surface area (Å²) in [5.41, 5.74) is 4.69. The van der Waals surface area contributed by atoms with E-state index in [1.807, 2.05) is 28.8 Å². The Bertz CT molecular complexity index is 899. The molecule has 0 aliphatic heterocycles. The highest BCUT2D eigenvalue weighted by atomic mass is 16.4. The summed E-state index contributed by atoms with van der Waals surface area (Å²) in [4.78, 5) is 10.9. The maximum Gasteiger partial charge on any atom is 0.335 e. The molecule has 0 aliphatic carbocycles. The zero-order valence-electron chi connectivity index (χ0n) is 12.1. The Balaban J connectivity index is 2.23. The van der Waals surface area contributed by atoms with Gasteiger partial charge in [0.05, 0.1) is 22.3 Å². The second kappa shape index (κ2) is 5.38. The van der Waals surface area contributed by atoms with Crippen LogP contribution in [0.15, 0.2) is 48.7 Å². The molecule has 108 valence electrons. The van der Waals surface area contributed by atoms with Gasteiger partial charge in [-0.25, -0.2) is 4.79 Å². The maximum absolute atomic E-state index is 10.9. The Morgan fingerprint density at radius 2 is 2.00 bits per heavy atom. The third-order valence-corrected chi connectivity index (χ3v) is 3.80. The average molecular weight is 290 g/mol. The van der Waals surface area contributed by atoms with Gasteiger partial charge in [0.1, 0.15) is 6.07 Å². The number of rotatable bonds is 3. The van der Waals surface area contributed by atoms with Gasteiger partial charge in [-0.15, -0.1) is 0 Å². The van der Waals surface area contributed by atoms with Gasteiger partial charge in [-0.3, -0.25) is 0 Å². The minimum atomic E-state index is -0.947. The number of nitrogens with zero attached hydrogens (tertiary/aromatic N) is 2. The van der Waals surface area contributed by atoms with Crippen LogP contribution in [0.2, 0.25) is 0 Å². The summed E-state index contributed by atoms with van der Waals surface area (Å²) in [6.07, 6.45) is 2.77. The summed E-state index contributed by atoms with van der Waals surface area (Å²) in [5.74, 6) is -0.947. The number of aromatic nitrogens is 1. The van der Waals surface area contributed by atoms with E-state index in [1.54, 1.807) is 24.3 Å². The largest absolute Gasteiger partial charge is 0.478 e. The number of carbonyl (C=O) groups is 1. The van der Waals surface area contributed by atoms with Crippen LogP contribution in [0, 0.1) is 11.3 Å². The van der Waals surface area contributed by atoms with Crippen molar-refractivity contribution in [3.8, 4) is 17.3 Å². The first-order chi connectivity index (χ1) is 10.7. The van der Waals surface area contributed by atoms with Gasteiger partial charge in [0.2, 0.25) is 0 Å². The van der Waals surface area contributed by atoms with Crippen molar-refractivity contribution in [3.63, 3.8) is 0 Å². The van der Waals surface area contributed by atoms with Gasteiger partial charge in [-0.2, -0.15) is 5.26 Å². The molecule has 2 aromatic heterocycles. The third kappa shape index (κ3) is 2.13. The number of carboxylic acid groups (broad SMARTS) is 1. The Morgan fingerprint density at radius 1 is 1.27 bits per heavy atom. The number of nitriles is 1. The lowest BCUT2D eigenvalue weighted by molar-refractivity contribution is 0.0697. The molecule has 0 amide bonds. The van der Waals surface area contributed by atoms with E-state index < -0.39 is 5.97 Å². The molecule has 22 heavy (non-hydrogen) atoms. The maximum atomic E-state index is 10.9. The Labute approximate surface area is 127 Å². The van der Waals surface area contributed by atoms with Crippen LogP contribution in [0.4, 0.5) is 0 Å². The fourth-order valence-corrected chi connectivity index (χ4v) is 2.71. The van der Waals surface area contributed by atoms with Gasteiger partial charge in [-0.05, 0) is 41.8 Å². The van der Waals surface area contributed by atoms with Gasteiger partial charge in [0, 0.05) is 6.20 Å². The minimum Gasteiger partial charge on any atom is -0.478 e. The fourth-order valence-electron chi connectivity index (χ4n) is 2.71. The Morgan fingerprint density at radius 3 is 2.59 bits per heavy atom. The number of aryl methyl sites for hydroxylation is 1. The molecular weight excluding hydrogens is 276 g/mol. The molecule has 4 nitrogen and oxygen atoms in total. The number of aromatic carboxylic acids is 1. The highest BCUT2D eigenvalue weighted by Crippen LogP contribution is 2.28. The third-order valence-electron chi connectivity index (χ3n) is 3.80. The van der Waals surface area contributed by atoms with E-state index in [0.29, 0.717) is 5.56 Å². The molecule has 0 bridgehead atoms. The molecule has 0 aliphatic rings. The van der Waals surface area contributed by atoms with Crippen molar-refractivity contribution in [1.29, 1.82) is 5.26 Å². The zero-order valence-corrected chi connectivity index (χ0v) is 12.1. The Hall–Kier alpha value is -3.06. The van der Waals surface area contributed by atoms with Gasteiger partial charge in [0.25, 0.3) is 0 Å². The molecule has 0 spiro atoms. The summed E-state index contributed by atoms with van der Waals surface area (Å²) in [6, 6.07) is 14.8. The van der Waals surface area contributed by atoms with Gasteiger partial charge in [0.15, 0.2) is 0 Å². The molecular formula is C18H14N2O2. The second-order valence-electron chi connectivity index (χ2n) is 5.04. The van der Waals surface area contributed by atoms with E-state index >= 15 is 0 Å². The highest BCUT2D eigenvalue weighted by Gasteiger charge is 2.13. The smallest absolute Gasteiger partial charge is 0.335 e. The van der Waals surface area contributed by atoms with E-state index in [2.05, 4.69) is 13.0 Å². The topological polar surface area (TPSA) is 65.5 Å². The number of benzene rings is 1. The lowest BCUT2D eigenvalue weighted by Crippen LogP contribution is -1.96. The van der Waals surface area contributed by atoms with Gasteiger partial charge in [-0.1, -0.05) is 25.1 Å². The molecule has 1 N–H and O–H groups in total. The number of hydrogen-bond acceptors (Lipinski definition) is 2. The van der Waals surface area contributed by atoms with Crippen LogP contribution in [-0.4, -0.2) is 15.5 Å². The first-order valence-corrected chi connectivity index (χ1v) is 7.02. The van der Waals surface area contributed by atoms with Crippen LogP contribution in [0.3, 0.4) is 0 Å². The van der Waals surface area contributed by atoms with E-state index in [1.165, 1.54) is 0 Å². The number of pyridine rings is 1. The summed E-state index contributed by atoms with van der Waals surface area (Å²) < 4.78 is 1.99. The van der Waals surface area contributed by atoms with Crippen molar-refractivity contribution in [2.45, 2.75) is 13.3 Å². The van der Waals surface area contributed by atoms with Gasteiger partial charge < -0.3 is 9.51 Å². The quantitative estimate of drug-likeness (QED) is 0.799. The summed E-state index contributed by atoms with van der Waals surface area (Å²) in [6.45, 7) is 2.06. The average Bonchev–Trinajstić information content (AvgIpc) is 2.93. The molecule has 1 aromatic carbocycles. The molecule has 4 heteroatoms. The lowest BCUT2D eigenvalue weighted by Gasteiger charge is -2.06. The normalized spacial score (nSPS) is 10.5. The van der Waals surface area contributed by atoms with Crippen molar-refractivity contribution in [2.24, 2.45) is 0 Å². The van der Waals surface area contributed by atoms with E-state index in [9.17, 15) is 10.1 Å². The fraction of sp³-hybridized carbons (Fsp3) is 0.111. The number of carboxylic acids is 1. The molecule has 0 fully saturated rings. The van der Waals surface area contributed by atoms with Crippen LogP contribution in [0.1, 0.15) is 28.4 Å².